The Morgan fingerprint density at radius 1 is 1.32 bits per heavy atom. The number of rotatable bonds is 7. The summed E-state index contributed by atoms with van der Waals surface area (Å²) in [6, 6.07) is 0. The molecule has 0 aromatic carbocycles. The fraction of sp³-hybridized carbons (Fsp3) is 0.800. The molecule has 19 heavy (non-hydrogen) atoms. The van der Waals surface area contributed by atoms with Gasteiger partial charge in [0.15, 0.2) is 5.54 Å². The molecule has 0 aromatic rings. The molecule has 0 amide bonds. The highest BCUT2D eigenvalue weighted by Crippen LogP contribution is 2.23. The number of nitrogens with one attached hydrogen (secondary N) is 1. The molecule has 0 aliphatic rings. The van der Waals surface area contributed by atoms with Gasteiger partial charge in [0.05, 0.1) is 0 Å². The lowest BCUT2D eigenvalue weighted by molar-refractivity contribution is -0.161. The van der Waals surface area contributed by atoms with Crippen LogP contribution in [0.3, 0.4) is 0 Å². The maximum Gasteiger partial charge on any atom is 0.334 e. The SMILES string of the molecule is CCCCC(C)(N=CCC(C)=N)C(=O)OC(C)(C)C. The van der Waals surface area contributed by atoms with Gasteiger partial charge >= 0.3 is 5.97 Å². The van der Waals surface area contributed by atoms with Crippen LogP contribution < -0.4 is 0 Å². The van der Waals surface area contributed by atoms with Crippen LogP contribution >= 0.6 is 0 Å². The van der Waals surface area contributed by atoms with Gasteiger partial charge in [-0.3, -0.25) is 4.99 Å². The highest BCUT2D eigenvalue weighted by atomic mass is 16.6. The van der Waals surface area contributed by atoms with E-state index in [4.69, 9.17) is 10.1 Å². The van der Waals surface area contributed by atoms with Gasteiger partial charge in [-0.05, 0) is 41.0 Å². The first kappa shape index (κ1) is 17.8. The van der Waals surface area contributed by atoms with Gasteiger partial charge in [-0.2, -0.15) is 0 Å². The predicted octanol–water partition coefficient (Wildman–Crippen LogP) is 3.78. The van der Waals surface area contributed by atoms with Crippen LogP contribution in [0.15, 0.2) is 4.99 Å². The van der Waals surface area contributed by atoms with Crippen LogP contribution in [0.2, 0.25) is 0 Å². The number of aliphatic imine (C=N–C) groups is 1. The summed E-state index contributed by atoms with van der Waals surface area (Å²) in [5.74, 6) is -0.285. The Bertz CT molecular complexity index is 343. The molecule has 0 bridgehead atoms. The van der Waals surface area contributed by atoms with E-state index >= 15 is 0 Å². The largest absolute Gasteiger partial charge is 0.458 e. The Morgan fingerprint density at radius 2 is 1.89 bits per heavy atom. The van der Waals surface area contributed by atoms with Gasteiger partial charge in [0.25, 0.3) is 0 Å². The molecular formula is C15H28N2O2. The summed E-state index contributed by atoms with van der Waals surface area (Å²) in [6.07, 6.45) is 4.74. The van der Waals surface area contributed by atoms with Crippen molar-refractivity contribution < 1.29 is 9.53 Å². The minimum atomic E-state index is -0.835. The number of esters is 1. The molecular weight excluding hydrogens is 240 g/mol. The second-order valence-electron chi connectivity index (χ2n) is 6.18. The van der Waals surface area contributed by atoms with E-state index in [1.54, 1.807) is 13.1 Å². The standard InChI is InChI=1S/C15H28N2O2/c1-7-8-10-15(6,17-11-9-12(2)16)13(18)19-14(3,4)5/h11,16H,7-10H2,1-6H3. The molecule has 0 heterocycles. The zero-order valence-corrected chi connectivity index (χ0v) is 13.2. The smallest absolute Gasteiger partial charge is 0.334 e. The van der Waals surface area contributed by atoms with Crippen molar-refractivity contribution in [3.05, 3.63) is 0 Å². The molecule has 0 radical (unpaired) electrons. The summed E-state index contributed by atoms with van der Waals surface area (Å²) in [5, 5.41) is 7.38. The van der Waals surface area contributed by atoms with Crippen LogP contribution in [-0.2, 0) is 9.53 Å². The van der Waals surface area contributed by atoms with E-state index < -0.39 is 11.1 Å². The second kappa shape index (κ2) is 7.41. The zero-order valence-electron chi connectivity index (χ0n) is 13.2. The van der Waals surface area contributed by atoms with Gasteiger partial charge < -0.3 is 10.1 Å². The van der Waals surface area contributed by atoms with Crippen LogP contribution in [0, 0.1) is 5.41 Å². The number of unbranched alkanes of at least 4 members (excludes halogenated alkanes) is 1. The second-order valence-corrected chi connectivity index (χ2v) is 6.18. The molecule has 0 spiro atoms. The van der Waals surface area contributed by atoms with Gasteiger partial charge in [-0.25, -0.2) is 4.79 Å². The molecule has 0 aromatic heterocycles. The fourth-order valence-electron chi connectivity index (χ4n) is 1.51. The van der Waals surface area contributed by atoms with E-state index in [0.717, 1.165) is 12.8 Å². The minimum Gasteiger partial charge on any atom is -0.458 e. The summed E-state index contributed by atoms with van der Waals surface area (Å²) >= 11 is 0. The van der Waals surface area contributed by atoms with E-state index in [-0.39, 0.29) is 5.97 Å². The lowest BCUT2D eigenvalue weighted by Gasteiger charge is -2.28. The van der Waals surface area contributed by atoms with Gasteiger partial charge in [0.2, 0.25) is 0 Å². The highest BCUT2D eigenvalue weighted by Gasteiger charge is 2.35. The lowest BCUT2D eigenvalue weighted by atomic mass is 9.95. The third kappa shape index (κ3) is 7.75. The van der Waals surface area contributed by atoms with Crippen molar-refractivity contribution >= 4 is 17.9 Å². The van der Waals surface area contributed by atoms with Crippen molar-refractivity contribution in [2.45, 2.75) is 78.4 Å². The Balaban J connectivity index is 4.89. The third-order valence-corrected chi connectivity index (χ3v) is 2.63. The summed E-state index contributed by atoms with van der Waals surface area (Å²) < 4.78 is 5.45. The van der Waals surface area contributed by atoms with Crippen LogP contribution in [-0.4, -0.2) is 29.0 Å². The molecule has 1 unspecified atom stereocenters. The maximum atomic E-state index is 12.3. The van der Waals surface area contributed by atoms with Gasteiger partial charge in [-0.15, -0.1) is 0 Å². The Labute approximate surface area is 117 Å². The van der Waals surface area contributed by atoms with Gasteiger partial charge in [0.1, 0.15) is 5.60 Å². The van der Waals surface area contributed by atoms with E-state index in [9.17, 15) is 4.79 Å². The number of carbonyl (C=O) groups excluding carboxylic acids is 1. The molecule has 1 atom stereocenters. The van der Waals surface area contributed by atoms with E-state index in [0.29, 0.717) is 18.6 Å². The average Bonchev–Trinajstić information content (AvgIpc) is 2.23. The molecule has 0 rings (SSSR count). The topological polar surface area (TPSA) is 62.5 Å². The van der Waals surface area contributed by atoms with Crippen LogP contribution in [0.4, 0.5) is 0 Å². The van der Waals surface area contributed by atoms with Crippen molar-refractivity contribution in [3.8, 4) is 0 Å². The Kier molecular flexibility index (Phi) is 6.95. The molecule has 0 saturated carbocycles. The molecule has 0 saturated heterocycles. The summed E-state index contributed by atoms with van der Waals surface area (Å²) in [4.78, 5) is 16.6. The molecule has 0 aliphatic carbocycles. The quantitative estimate of drug-likeness (QED) is 0.564. The van der Waals surface area contributed by atoms with E-state index in [2.05, 4.69) is 11.9 Å². The van der Waals surface area contributed by atoms with Crippen molar-refractivity contribution in [3.63, 3.8) is 0 Å². The molecule has 4 nitrogen and oxygen atoms in total. The number of carbonyl (C=O) groups is 1. The maximum absolute atomic E-state index is 12.3. The summed E-state index contributed by atoms with van der Waals surface area (Å²) in [7, 11) is 0. The lowest BCUT2D eigenvalue weighted by Crippen LogP contribution is -2.40. The van der Waals surface area contributed by atoms with Crippen molar-refractivity contribution in [2.75, 3.05) is 0 Å². The predicted molar refractivity (Wildman–Crippen MR) is 80.3 cm³/mol. The van der Waals surface area contributed by atoms with Crippen molar-refractivity contribution in [1.82, 2.24) is 0 Å². The third-order valence-electron chi connectivity index (χ3n) is 2.63. The number of nitrogens with zero attached hydrogens (tertiary/aromatic N) is 1. The average molecular weight is 268 g/mol. The Hall–Kier alpha value is -1.19. The van der Waals surface area contributed by atoms with Crippen molar-refractivity contribution in [2.24, 2.45) is 4.99 Å². The molecule has 1 N–H and O–H groups in total. The van der Waals surface area contributed by atoms with Crippen LogP contribution in [0.1, 0.15) is 67.2 Å². The van der Waals surface area contributed by atoms with Gasteiger partial charge in [0, 0.05) is 18.3 Å². The van der Waals surface area contributed by atoms with Crippen LogP contribution in [0.5, 0.6) is 0 Å². The zero-order chi connectivity index (χ0) is 15.1. The first-order valence-corrected chi connectivity index (χ1v) is 6.92. The molecule has 110 valence electrons. The fourth-order valence-corrected chi connectivity index (χ4v) is 1.51. The minimum absolute atomic E-state index is 0.285. The molecule has 0 fully saturated rings. The summed E-state index contributed by atoms with van der Waals surface area (Å²) in [6.45, 7) is 11.2. The molecule has 0 aliphatic heterocycles. The van der Waals surface area contributed by atoms with E-state index in [1.165, 1.54) is 0 Å². The highest BCUT2D eigenvalue weighted by molar-refractivity contribution is 5.92. The Morgan fingerprint density at radius 3 is 2.32 bits per heavy atom. The first-order chi connectivity index (χ1) is 8.60. The van der Waals surface area contributed by atoms with Gasteiger partial charge in [-0.1, -0.05) is 19.8 Å². The number of hydrogen-bond acceptors (Lipinski definition) is 4. The first-order valence-electron chi connectivity index (χ1n) is 6.92. The molecule has 4 heteroatoms. The summed E-state index contributed by atoms with van der Waals surface area (Å²) in [5.41, 5.74) is -0.804. The normalized spacial score (nSPS) is 15.3. The van der Waals surface area contributed by atoms with Crippen LogP contribution in [0.25, 0.3) is 0 Å². The van der Waals surface area contributed by atoms with Crippen molar-refractivity contribution in [1.29, 1.82) is 5.41 Å². The monoisotopic (exact) mass is 268 g/mol. The number of ether oxygens (including phenoxy) is 1. The number of hydrogen-bond donors (Lipinski definition) is 1. The van der Waals surface area contributed by atoms with E-state index in [1.807, 2.05) is 27.7 Å².